The number of phenols is 1. The Labute approximate surface area is 147 Å². The maximum Gasteiger partial charge on any atom is 0.337 e. The van der Waals surface area contributed by atoms with Crippen LogP contribution < -0.4 is 5.32 Å². The van der Waals surface area contributed by atoms with Gasteiger partial charge >= 0.3 is 5.97 Å². The molecular weight excluding hydrogens is 344 g/mol. The van der Waals surface area contributed by atoms with Crippen LogP contribution in [0.5, 0.6) is 5.75 Å². The van der Waals surface area contributed by atoms with E-state index in [1.165, 1.54) is 24.1 Å². The zero-order valence-corrected chi connectivity index (χ0v) is 13.8. The van der Waals surface area contributed by atoms with Gasteiger partial charge in [0.15, 0.2) is 0 Å². The predicted molar refractivity (Wildman–Crippen MR) is 87.6 cm³/mol. The number of hydrogen-bond donors (Lipinski definition) is 4. The van der Waals surface area contributed by atoms with E-state index in [1.54, 1.807) is 6.07 Å². The lowest BCUT2D eigenvalue weighted by molar-refractivity contribution is -0.136. The molecule has 0 aliphatic carbocycles. The van der Waals surface area contributed by atoms with Crippen molar-refractivity contribution in [1.82, 2.24) is 25.5 Å². The zero-order valence-electron chi connectivity index (χ0n) is 13.8. The van der Waals surface area contributed by atoms with Gasteiger partial charge in [-0.05, 0) is 23.4 Å². The summed E-state index contributed by atoms with van der Waals surface area (Å²) in [5.41, 5.74) is 0.806. The van der Waals surface area contributed by atoms with Crippen molar-refractivity contribution in [2.75, 3.05) is 32.1 Å². The van der Waals surface area contributed by atoms with Crippen LogP contribution in [0.25, 0.3) is 11.4 Å². The lowest BCUT2D eigenvalue weighted by Gasteiger charge is -2.15. The molecule has 11 heteroatoms. The van der Waals surface area contributed by atoms with Gasteiger partial charge in [-0.15, -0.1) is 10.2 Å². The van der Waals surface area contributed by atoms with Crippen LogP contribution in [0.3, 0.4) is 0 Å². The molecule has 3 rings (SSSR count). The molecule has 1 aliphatic rings. The number of anilines is 1. The molecule has 4 N–H and O–H groups in total. The number of β-amino-alcohol motifs (C(OH)–C–C–N with tert-alkyl or cyclic N) is 1. The largest absolute Gasteiger partial charge is 0.506 e. The Morgan fingerprint density at radius 2 is 2.27 bits per heavy atom. The predicted octanol–water partition coefficient (Wildman–Crippen LogP) is -0.754. The number of phenolic OH excluding ortho intramolecular Hbond substituents is 1. The van der Waals surface area contributed by atoms with E-state index in [-0.39, 0.29) is 42.4 Å². The van der Waals surface area contributed by atoms with E-state index in [4.69, 9.17) is 9.84 Å². The molecule has 11 nitrogen and oxygen atoms in total. The first kappa shape index (κ1) is 17.4. The lowest BCUT2D eigenvalue weighted by Crippen LogP contribution is -2.31. The number of H-pyrrole nitrogens is 1. The smallest absolute Gasteiger partial charge is 0.337 e. The number of rotatable bonds is 6. The Morgan fingerprint density at radius 3 is 2.92 bits per heavy atom. The van der Waals surface area contributed by atoms with Gasteiger partial charge < -0.3 is 25.2 Å². The molecule has 1 aromatic heterocycles. The molecule has 26 heavy (non-hydrogen) atoms. The molecule has 0 saturated heterocycles. The second-order valence-corrected chi connectivity index (χ2v) is 5.39. The number of esters is 1. The molecule has 0 fully saturated rings. The number of ether oxygens (including phenoxy) is 1. The number of methoxy groups -OCH3 is 1. The van der Waals surface area contributed by atoms with E-state index in [9.17, 15) is 14.7 Å². The summed E-state index contributed by atoms with van der Waals surface area (Å²) in [6, 6.07) is 4.50. The topological polar surface area (TPSA) is 154 Å². The van der Waals surface area contributed by atoms with Crippen LogP contribution in [0.1, 0.15) is 0 Å². The minimum absolute atomic E-state index is 0.000303. The van der Waals surface area contributed by atoms with Gasteiger partial charge in [-0.2, -0.15) is 5.21 Å². The minimum atomic E-state index is -0.671. The van der Waals surface area contributed by atoms with Gasteiger partial charge in [0.25, 0.3) is 5.91 Å². The molecule has 2 heterocycles. The number of carbonyl (C=O) groups excluding carboxylic acids is 2. The van der Waals surface area contributed by atoms with Gasteiger partial charge in [-0.1, -0.05) is 0 Å². The maximum absolute atomic E-state index is 12.5. The van der Waals surface area contributed by atoms with Crippen LogP contribution in [-0.2, 0) is 14.3 Å². The highest BCUT2D eigenvalue weighted by atomic mass is 16.5. The number of benzene rings is 1. The average molecular weight is 360 g/mol. The maximum atomic E-state index is 12.5. The number of hydrogen-bond acceptors (Lipinski definition) is 9. The van der Waals surface area contributed by atoms with Gasteiger partial charge in [0.05, 0.1) is 31.5 Å². The number of aromatic nitrogens is 4. The van der Waals surface area contributed by atoms with Crippen LogP contribution in [-0.4, -0.2) is 74.4 Å². The number of nitrogens with zero attached hydrogens (tertiary/aromatic N) is 4. The summed E-state index contributed by atoms with van der Waals surface area (Å²) in [7, 11) is 1.21. The van der Waals surface area contributed by atoms with Crippen LogP contribution in [0.15, 0.2) is 29.5 Å². The average Bonchev–Trinajstić information content (AvgIpc) is 3.27. The summed E-state index contributed by atoms with van der Waals surface area (Å²) in [6.07, 6.45) is 0. The Balaban J connectivity index is 1.96. The molecule has 136 valence electrons. The van der Waals surface area contributed by atoms with Crippen molar-refractivity contribution in [3.63, 3.8) is 0 Å². The van der Waals surface area contributed by atoms with Gasteiger partial charge in [0, 0.05) is 12.1 Å². The first-order valence-corrected chi connectivity index (χ1v) is 7.60. The third-order valence-electron chi connectivity index (χ3n) is 3.81. The fourth-order valence-electron chi connectivity index (χ4n) is 2.54. The van der Waals surface area contributed by atoms with Gasteiger partial charge in [0.1, 0.15) is 11.4 Å². The second-order valence-electron chi connectivity index (χ2n) is 5.39. The Morgan fingerprint density at radius 1 is 1.46 bits per heavy atom. The van der Waals surface area contributed by atoms with Crippen LogP contribution in [0, 0.1) is 0 Å². The van der Waals surface area contributed by atoms with E-state index >= 15 is 0 Å². The van der Waals surface area contributed by atoms with E-state index < -0.39 is 11.9 Å². The molecule has 0 atom stereocenters. The van der Waals surface area contributed by atoms with Crippen LogP contribution >= 0.6 is 0 Å². The van der Waals surface area contributed by atoms with Crippen LogP contribution in [0.2, 0.25) is 0 Å². The zero-order chi connectivity index (χ0) is 18.7. The van der Waals surface area contributed by atoms with Crippen molar-refractivity contribution in [3.05, 3.63) is 29.5 Å². The molecule has 0 spiro atoms. The summed E-state index contributed by atoms with van der Waals surface area (Å²) in [4.78, 5) is 25.8. The molecule has 1 amide bonds. The lowest BCUT2D eigenvalue weighted by atomic mass is 10.1. The number of aliphatic hydroxyl groups excluding tert-OH is 1. The third-order valence-corrected chi connectivity index (χ3v) is 3.81. The molecule has 1 aromatic carbocycles. The quantitative estimate of drug-likeness (QED) is 0.385. The van der Waals surface area contributed by atoms with Gasteiger partial charge in [-0.25, -0.2) is 4.79 Å². The number of carbonyl (C=O) groups is 2. The number of aromatic hydroxyl groups is 1. The highest BCUT2D eigenvalue weighted by Crippen LogP contribution is 2.31. The molecule has 0 bridgehead atoms. The second kappa shape index (κ2) is 7.19. The van der Waals surface area contributed by atoms with Crippen molar-refractivity contribution in [1.29, 1.82) is 0 Å². The molecule has 0 radical (unpaired) electrons. The Kier molecular flexibility index (Phi) is 4.80. The SMILES string of the molecule is COC(=O)C1=C(Nc2cc(-c3nn[nH]n3)ccc2O)C(=O)N(CCO)C1. The summed E-state index contributed by atoms with van der Waals surface area (Å²) in [5.74, 6) is -0.990. The van der Waals surface area contributed by atoms with Crippen molar-refractivity contribution in [2.24, 2.45) is 0 Å². The summed E-state index contributed by atoms with van der Waals surface area (Å²) in [6.45, 7) is -0.175. The monoisotopic (exact) mass is 360 g/mol. The number of tetrazole rings is 1. The number of aromatic amines is 1. The van der Waals surface area contributed by atoms with Gasteiger partial charge in [-0.3, -0.25) is 4.79 Å². The highest BCUT2D eigenvalue weighted by molar-refractivity contribution is 6.08. The Bertz CT molecular complexity index is 863. The fraction of sp³-hybridized carbons (Fsp3) is 0.267. The molecule has 2 aromatic rings. The third kappa shape index (κ3) is 3.19. The number of aliphatic hydroxyl groups is 1. The van der Waals surface area contributed by atoms with Crippen LogP contribution in [0.4, 0.5) is 5.69 Å². The highest BCUT2D eigenvalue weighted by Gasteiger charge is 2.34. The van der Waals surface area contributed by atoms with Crippen molar-refractivity contribution in [2.45, 2.75) is 0 Å². The van der Waals surface area contributed by atoms with Crippen molar-refractivity contribution >= 4 is 17.6 Å². The minimum Gasteiger partial charge on any atom is -0.506 e. The fourth-order valence-corrected chi connectivity index (χ4v) is 2.54. The number of nitrogens with one attached hydrogen (secondary N) is 2. The Hall–Kier alpha value is -3.47. The van der Waals surface area contributed by atoms with Crippen molar-refractivity contribution < 1.29 is 24.5 Å². The molecule has 0 unspecified atom stereocenters. The summed E-state index contributed by atoms with van der Waals surface area (Å²) >= 11 is 0. The summed E-state index contributed by atoms with van der Waals surface area (Å²) in [5, 5.41) is 35.5. The first-order chi connectivity index (χ1) is 12.5. The molecule has 1 aliphatic heterocycles. The van der Waals surface area contributed by atoms with E-state index in [0.717, 1.165) is 0 Å². The van der Waals surface area contributed by atoms with Crippen molar-refractivity contribution in [3.8, 4) is 17.1 Å². The van der Waals surface area contributed by atoms with E-state index in [0.29, 0.717) is 11.4 Å². The number of amides is 1. The molecule has 0 saturated carbocycles. The van der Waals surface area contributed by atoms with E-state index in [2.05, 4.69) is 25.9 Å². The first-order valence-electron chi connectivity index (χ1n) is 7.60. The normalized spacial score (nSPS) is 14.1. The van der Waals surface area contributed by atoms with Gasteiger partial charge in [0.2, 0.25) is 5.82 Å². The molecular formula is C15H16N6O5. The summed E-state index contributed by atoms with van der Waals surface area (Å²) < 4.78 is 4.72. The van der Waals surface area contributed by atoms with E-state index in [1.807, 2.05) is 0 Å². The standard InChI is InChI=1S/C15H16N6O5/c1-26-15(25)9-7-21(4-5-22)14(24)12(9)16-10-6-8(2-3-11(10)23)13-17-19-20-18-13/h2-3,6,16,22-23H,4-5,7H2,1H3,(H,17,18,19,20).